The molecule has 0 unspecified atom stereocenters. The lowest BCUT2D eigenvalue weighted by molar-refractivity contribution is -0.137. The highest BCUT2D eigenvalue weighted by molar-refractivity contribution is 7.13. The Morgan fingerprint density at radius 1 is 1.12 bits per heavy atom. The predicted octanol–water partition coefficient (Wildman–Crippen LogP) is 4.14. The Balaban J connectivity index is 2.44. The van der Waals surface area contributed by atoms with Crippen LogP contribution in [0.2, 0.25) is 0 Å². The number of phenols is 1. The first-order chi connectivity index (χ1) is 7.48. The summed E-state index contributed by atoms with van der Waals surface area (Å²) in [6.07, 6.45) is -4.33. The maximum atomic E-state index is 12.4. The first kappa shape index (κ1) is 11.0. The third kappa shape index (κ3) is 2.04. The van der Waals surface area contributed by atoms with E-state index in [1.807, 2.05) is 0 Å². The molecular weight excluding hydrogens is 237 g/mol. The fourth-order valence-corrected chi connectivity index (χ4v) is 2.26. The molecular formula is C11H7F3OS. The van der Waals surface area contributed by atoms with Crippen molar-refractivity contribution >= 4 is 11.3 Å². The Labute approximate surface area is 93.8 Å². The molecule has 1 aromatic heterocycles. The Kier molecular flexibility index (Phi) is 2.63. The summed E-state index contributed by atoms with van der Waals surface area (Å²) in [4.78, 5) is 0.408. The van der Waals surface area contributed by atoms with E-state index >= 15 is 0 Å². The van der Waals surface area contributed by atoms with Gasteiger partial charge in [-0.15, -0.1) is 11.3 Å². The molecule has 0 aliphatic rings. The number of aromatic hydroxyl groups is 1. The number of benzene rings is 1. The SMILES string of the molecule is Oc1ccccc1-c1cc(C(F)(F)F)cs1. The molecule has 0 atom stereocenters. The lowest BCUT2D eigenvalue weighted by Crippen LogP contribution is -2.01. The molecule has 5 heteroatoms. The predicted molar refractivity (Wildman–Crippen MR) is 56.4 cm³/mol. The summed E-state index contributed by atoms with van der Waals surface area (Å²) in [5, 5.41) is 10.5. The van der Waals surface area contributed by atoms with Gasteiger partial charge in [0.2, 0.25) is 0 Å². The van der Waals surface area contributed by atoms with Crippen molar-refractivity contribution in [3.05, 3.63) is 41.3 Å². The molecule has 2 aromatic rings. The first-order valence-corrected chi connectivity index (χ1v) is 5.30. The number of hydrogen-bond donors (Lipinski definition) is 1. The minimum atomic E-state index is -4.33. The van der Waals surface area contributed by atoms with Crippen molar-refractivity contribution in [1.82, 2.24) is 0 Å². The van der Waals surface area contributed by atoms with Crippen LogP contribution in [0.15, 0.2) is 35.7 Å². The maximum absolute atomic E-state index is 12.4. The molecule has 2 rings (SSSR count). The van der Waals surface area contributed by atoms with Crippen molar-refractivity contribution in [2.45, 2.75) is 6.18 Å². The second-order valence-corrected chi connectivity index (χ2v) is 4.13. The lowest BCUT2D eigenvalue weighted by atomic mass is 10.1. The van der Waals surface area contributed by atoms with E-state index in [0.29, 0.717) is 10.4 Å². The molecule has 0 spiro atoms. The Bertz CT molecular complexity index is 502. The quantitative estimate of drug-likeness (QED) is 0.799. The van der Waals surface area contributed by atoms with E-state index in [9.17, 15) is 18.3 Å². The van der Waals surface area contributed by atoms with E-state index in [-0.39, 0.29) is 5.75 Å². The van der Waals surface area contributed by atoms with E-state index in [1.165, 1.54) is 6.07 Å². The van der Waals surface area contributed by atoms with Crippen molar-refractivity contribution in [3.8, 4) is 16.2 Å². The van der Waals surface area contributed by atoms with Crippen LogP contribution < -0.4 is 0 Å². The zero-order chi connectivity index (χ0) is 11.8. The Morgan fingerprint density at radius 3 is 2.38 bits per heavy atom. The van der Waals surface area contributed by atoms with E-state index in [1.54, 1.807) is 18.2 Å². The molecule has 1 aromatic carbocycles. The highest BCUT2D eigenvalue weighted by Crippen LogP contribution is 2.39. The summed E-state index contributed by atoms with van der Waals surface area (Å²) < 4.78 is 37.1. The molecule has 0 fully saturated rings. The standard InChI is InChI=1S/C11H7F3OS/c12-11(13,14)7-5-10(16-6-7)8-3-1-2-4-9(8)15/h1-6,15H. The van der Waals surface area contributed by atoms with Gasteiger partial charge < -0.3 is 5.11 Å². The van der Waals surface area contributed by atoms with Crippen molar-refractivity contribution < 1.29 is 18.3 Å². The van der Waals surface area contributed by atoms with Gasteiger partial charge in [-0.25, -0.2) is 0 Å². The average Bonchev–Trinajstić information content (AvgIpc) is 2.66. The lowest BCUT2D eigenvalue weighted by Gasteiger charge is -2.02. The highest BCUT2D eigenvalue weighted by atomic mass is 32.1. The number of alkyl halides is 3. The minimum absolute atomic E-state index is 0.0157. The summed E-state index contributed by atoms with van der Waals surface area (Å²) in [6, 6.07) is 7.36. The van der Waals surface area contributed by atoms with Gasteiger partial charge in [-0.2, -0.15) is 13.2 Å². The molecule has 0 aliphatic carbocycles. The normalized spacial score (nSPS) is 11.7. The van der Waals surface area contributed by atoms with E-state index in [2.05, 4.69) is 0 Å². The third-order valence-corrected chi connectivity index (χ3v) is 3.06. The van der Waals surface area contributed by atoms with Crippen LogP contribution >= 0.6 is 11.3 Å². The molecule has 0 bridgehead atoms. The van der Waals surface area contributed by atoms with Gasteiger partial charge in [-0.1, -0.05) is 12.1 Å². The van der Waals surface area contributed by atoms with E-state index in [4.69, 9.17) is 0 Å². The molecule has 0 aliphatic heterocycles. The zero-order valence-corrected chi connectivity index (χ0v) is 8.77. The Morgan fingerprint density at radius 2 is 1.81 bits per heavy atom. The molecule has 0 saturated heterocycles. The first-order valence-electron chi connectivity index (χ1n) is 4.42. The van der Waals surface area contributed by atoms with Gasteiger partial charge in [-0.05, 0) is 18.2 Å². The molecule has 1 nitrogen and oxygen atoms in total. The van der Waals surface area contributed by atoms with Crippen LogP contribution in [0.5, 0.6) is 5.75 Å². The van der Waals surface area contributed by atoms with Gasteiger partial charge in [0.05, 0.1) is 5.56 Å². The van der Waals surface area contributed by atoms with Crippen LogP contribution in [0, 0.1) is 0 Å². The smallest absolute Gasteiger partial charge is 0.417 e. The van der Waals surface area contributed by atoms with Crippen LogP contribution in [0.4, 0.5) is 13.2 Å². The fourth-order valence-electron chi connectivity index (χ4n) is 1.31. The second-order valence-electron chi connectivity index (χ2n) is 3.21. The van der Waals surface area contributed by atoms with E-state index in [0.717, 1.165) is 22.8 Å². The number of hydrogen-bond acceptors (Lipinski definition) is 2. The number of halogens is 3. The van der Waals surface area contributed by atoms with Gasteiger partial charge in [-0.3, -0.25) is 0 Å². The van der Waals surface area contributed by atoms with Crippen LogP contribution in [0.3, 0.4) is 0 Å². The summed E-state index contributed by atoms with van der Waals surface area (Å²) in [6.45, 7) is 0. The monoisotopic (exact) mass is 244 g/mol. The molecule has 16 heavy (non-hydrogen) atoms. The summed E-state index contributed by atoms with van der Waals surface area (Å²) in [5.41, 5.74) is -0.265. The van der Waals surface area contributed by atoms with Gasteiger partial charge in [0.1, 0.15) is 5.75 Å². The molecule has 1 heterocycles. The van der Waals surface area contributed by atoms with Gasteiger partial charge in [0.15, 0.2) is 0 Å². The second kappa shape index (κ2) is 3.83. The summed E-state index contributed by atoms with van der Waals surface area (Å²) in [5.74, 6) is -0.0157. The van der Waals surface area contributed by atoms with Crippen molar-refractivity contribution in [2.75, 3.05) is 0 Å². The average molecular weight is 244 g/mol. The van der Waals surface area contributed by atoms with Crippen LogP contribution in [0.25, 0.3) is 10.4 Å². The largest absolute Gasteiger partial charge is 0.507 e. The van der Waals surface area contributed by atoms with Crippen molar-refractivity contribution in [3.63, 3.8) is 0 Å². The van der Waals surface area contributed by atoms with Crippen molar-refractivity contribution in [2.24, 2.45) is 0 Å². The zero-order valence-electron chi connectivity index (χ0n) is 7.95. The number of rotatable bonds is 1. The molecule has 0 amide bonds. The Hall–Kier alpha value is -1.49. The van der Waals surface area contributed by atoms with Gasteiger partial charge in [0, 0.05) is 15.8 Å². The third-order valence-electron chi connectivity index (χ3n) is 2.10. The summed E-state index contributed by atoms with van der Waals surface area (Å²) in [7, 11) is 0. The molecule has 0 saturated carbocycles. The van der Waals surface area contributed by atoms with E-state index < -0.39 is 11.7 Å². The molecule has 1 N–H and O–H groups in total. The van der Waals surface area contributed by atoms with Crippen LogP contribution in [0.1, 0.15) is 5.56 Å². The molecule has 84 valence electrons. The van der Waals surface area contributed by atoms with Gasteiger partial charge >= 0.3 is 6.18 Å². The van der Waals surface area contributed by atoms with Crippen molar-refractivity contribution in [1.29, 1.82) is 0 Å². The topological polar surface area (TPSA) is 20.2 Å². The number of thiophene rings is 1. The highest BCUT2D eigenvalue weighted by Gasteiger charge is 2.31. The van der Waals surface area contributed by atoms with Crippen LogP contribution in [-0.4, -0.2) is 5.11 Å². The maximum Gasteiger partial charge on any atom is 0.417 e. The fraction of sp³-hybridized carbons (Fsp3) is 0.0909. The minimum Gasteiger partial charge on any atom is -0.507 e. The summed E-state index contributed by atoms with van der Waals surface area (Å²) >= 11 is 0.964. The molecule has 0 radical (unpaired) electrons. The van der Waals surface area contributed by atoms with Crippen LogP contribution in [-0.2, 0) is 6.18 Å². The number of para-hydroxylation sites is 1. The van der Waals surface area contributed by atoms with Gasteiger partial charge in [0.25, 0.3) is 0 Å². The number of phenolic OH excluding ortho intramolecular Hbond substituents is 1.